The molecule has 2 aromatic carbocycles. The van der Waals surface area contributed by atoms with E-state index in [0.29, 0.717) is 17.9 Å². The van der Waals surface area contributed by atoms with E-state index in [4.69, 9.17) is 15.7 Å². The number of nitrogen functional groups attached to an aromatic ring is 1. The summed E-state index contributed by atoms with van der Waals surface area (Å²) in [5.74, 6) is 0.712. The van der Waals surface area contributed by atoms with Crippen LogP contribution in [0.15, 0.2) is 48.5 Å². The summed E-state index contributed by atoms with van der Waals surface area (Å²) in [5.41, 5.74) is 8.31. The minimum Gasteiger partial charge on any atom is -0.493 e. The Balaban J connectivity index is 1.93. The molecule has 0 fully saturated rings. The first kappa shape index (κ1) is 12.0. The minimum atomic E-state index is 0.545. The molecule has 2 aromatic rings. The fourth-order valence-corrected chi connectivity index (χ4v) is 1.70. The van der Waals surface area contributed by atoms with Gasteiger partial charge in [0.15, 0.2) is 0 Å². The van der Waals surface area contributed by atoms with Crippen LogP contribution >= 0.6 is 0 Å². The molecule has 2 N–H and O–H groups in total. The Morgan fingerprint density at radius 3 is 2.72 bits per heavy atom. The Morgan fingerprint density at radius 2 is 1.94 bits per heavy atom. The minimum absolute atomic E-state index is 0.545. The maximum atomic E-state index is 8.78. The zero-order valence-corrected chi connectivity index (χ0v) is 9.97. The maximum Gasteiger partial charge on any atom is 0.120 e. The molecule has 2 rings (SSSR count). The highest BCUT2D eigenvalue weighted by Gasteiger charge is 1.99. The van der Waals surface area contributed by atoms with Crippen LogP contribution in [0.3, 0.4) is 0 Å². The second kappa shape index (κ2) is 5.74. The van der Waals surface area contributed by atoms with Gasteiger partial charge in [-0.25, -0.2) is 0 Å². The Kier molecular flexibility index (Phi) is 3.83. The Morgan fingerprint density at radius 1 is 1.11 bits per heavy atom. The summed E-state index contributed by atoms with van der Waals surface area (Å²) >= 11 is 0. The van der Waals surface area contributed by atoms with Crippen molar-refractivity contribution < 1.29 is 4.74 Å². The van der Waals surface area contributed by atoms with Crippen LogP contribution in [0.2, 0.25) is 0 Å². The largest absolute Gasteiger partial charge is 0.493 e. The molecule has 0 amide bonds. The average molecular weight is 238 g/mol. The molecule has 18 heavy (non-hydrogen) atoms. The molecule has 0 saturated heterocycles. The molecule has 0 atom stereocenters. The van der Waals surface area contributed by atoms with Gasteiger partial charge in [-0.1, -0.05) is 24.3 Å². The van der Waals surface area contributed by atoms with Crippen LogP contribution in [0.25, 0.3) is 0 Å². The number of anilines is 1. The van der Waals surface area contributed by atoms with Gasteiger partial charge in [0.2, 0.25) is 0 Å². The van der Waals surface area contributed by atoms with Gasteiger partial charge in [0.25, 0.3) is 0 Å². The van der Waals surface area contributed by atoms with Crippen LogP contribution in [-0.4, -0.2) is 6.61 Å². The van der Waals surface area contributed by atoms with Crippen molar-refractivity contribution in [2.24, 2.45) is 0 Å². The third-order valence-electron chi connectivity index (χ3n) is 2.66. The number of nitrogens with two attached hydrogens (primary N) is 1. The van der Waals surface area contributed by atoms with Crippen LogP contribution in [0, 0.1) is 11.3 Å². The monoisotopic (exact) mass is 238 g/mol. The number of hydrogen-bond acceptors (Lipinski definition) is 3. The van der Waals surface area contributed by atoms with Crippen LogP contribution in [-0.2, 0) is 6.42 Å². The van der Waals surface area contributed by atoms with Crippen molar-refractivity contribution in [2.45, 2.75) is 6.42 Å². The highest BCUT2D eigenvalue weighted by molar-refractivity contribution is 5.46. The van der Waals surface area contributed by atoms with Crippen molar-refractivity contribution >= 4 is 5.69 Å². The lowest BCUT2D eigenvalue weighted by Gasteiger charge is -2.08. The van der Waals surface area contributed by atoms with Gasteiger partial charge in [0, 0.05) is 12.1 Å². The zero-order valence-electron chi connectivity index (χ0n) is 9.97. The third kappa shape index (κ3) is 3.02. The van der Waals surface area contributed by atoms with E-state index in [2.05, 4.69) is 6.07 Å². The number of benzene rings is 2. The van der Waals surface area contributed by atoms with E-state index in [9.17, 15) is 0 Å². The van der Waals surface area contributed by atoms with Crippen molar-refractivity contribution in [3.63, 3.8) is 0 Å². The second-order valence-electron chi connectivity index (χ2n) is 3.94. The number of ether oxygens (including phenoxy) is 1. The van der Waals surface area contributed by atoms with E-state index < -0.39 is 0 Å². The highest BCUT2D eigenvalue weighted by Crippen LogP contribution is 2.15. The van der Waals surface area contributed by atoms with E-state index in [1.165, 1.54) is 0 Å². The quantitative estimate of drug-likeness (QED) is 0.833. The molecule has 0 radical (unpaired) electrons. The van der Waals surface area contributed by atoms with Gasteiger partial charge >= 0.3 is 0 Å². The second-order valence-corrected chi connectivity index (χ2v) is 3.94. The normalized spacial score (nSPS) is 9.72. The van der Waals surface area contributed by atoms with Gasteiger partial charge in [-0.3, -0.25) is 0 Å². The molecule has 0 unspecified atom stereocenters. The lowest BCUT2D eigenvalue weighted by molar-refractivity contribution is 0.322. The topological polar surface area (TPSA) is 59.0 Å². The van der Waals surface area contributed by atoms with Crippen molar-refractivity contribution in [3.8, 4) is 11.8 Å². The molecule has 0 aliphatic rings. The van der Waals surface area contributed by atoms with Gasteiger partial charge in [0.1, 0.15) is 5.75 Å². The molecule has 0 heterocycles. The van der Waals surface area contributed by atoms with Gasteiger partial charge < -0.3 is 10.5 Å². The molecule has 0 aliphatic heterocycles. The summed E-state index contributed by atoms with van der Waals surface area (Å²) in [7, 11) is 0. The van der Waals surface area contributed by atoms with Gasteiger partial charge in [-0.05, 0) is 29.8 Å². The lowest BCUT2D eigenvalue weighted by Crippen LogP contribution is -2.03. The maximum absolute atomic E-state index is 8.78. The standard InChI is InChI=1S/C15H14N2O/c16-11-12-4-3-6-14(10-12)18-9-8-13-5-1-2-7-15(13)17/h1-7,10H,8-9,17H2. The van der Waals surface area contributed by atoms with Gasteiger partial charge in [0.05, 0.1) is 18.2 Å². The molecular formula is C15H14N2O. The highest BCUT2D eigenvalue weighted by atomic mass is 16.5. The molecule has 0 bridgehead atoms. The molecule has 0 aromatic heterocycles. The van der Waals surface area contributed by atoms with E-state index in [1.54, 1.807) is 12.1 Å². The summed E-state index contributed by atoms with van der Waals surface area (Å²) in [5, 5.41) is 8.78. The molecule has 0 spiro atoms. The molecule has 3 nitrogen and oxygen atoms in total. The van der Waals surface area contributed by atoms with Crippen LogP contribution in [0.1, 0.15) is 11.1 Å². The van der Waals surface area contributed by atoms with Gasteiger partial charge in [-0.2, -0.15) is 5.26 Å². The molecule has 3 heteroatoms. The lowest BCUT2D eigenvalue weighted by atomic mass is 10.1. The van der Waals surface area contributed by atoms with Gasteiger partial charge in [-0.15, -0.1) is 0 Å². The van der Waals surface area contributed by atoms with E-state index in [0.717, 1.165) is 17.7 Å². The summed E-state index contributed by atoms with van der Waals surface area (Å²) in [6, 6.07) is 17.0. The fourth-order valence-electron chi connectivity index (χ4n) is 1.70. The molecular weight excluding hydrogens is 224 g/mol. The van der Waals surface area contributed by atoms with Crippen LogP contribution < -0.4 is 10.5 Å². The van der Waals surface area contributed by atoms with Crippen molar-refractivity contribution in [1.82, 2.24) is 0 Å². The first-order valence-corrected chi connectivity index (χ1v) is 5.76. The number of nitrogens with zero attached hydrogens (tertiary/aromatic N) is 1. The first-order valence-electron chi connectivity index (χ1n) is 5.76. The number of hydrogen-bond donors (Lipinski definition) is 1. The van der Waals surface area contributed by atoms with Crippen molar-refractivity contribution in [1.29, 1.82) is 5.26 Å². The number of rotatable bonds is 4. The predicted octanol–water partition coefficient (Wildman–Crippen LogP) is 2.76. The SMILES string of the molecule is N#Cc1cccc(OCCc2ccccc2N)c1. The molecule has 90 valence electrons. The van der Waals surface area contributed by atoms with E-state index >= 15 is 0 Å². The first-order chi connectivity index (χ1) is 8.79. The van der Waals surface area contributed by atoms with Crippen LogP contribution in [0.5, 0.6) is 5.75 Å². The predicted molar refractivity (Wildman–Crippen MR) is 71.2 cm³/mol. The van der Waals surface area contributed by atoms with E-state index in [-0.39, 0.29) is 0 Å². The molecule has 0 saturated carbocycles. The average Bonchev–Trinajstić information content (AvgIpc) is 2.41. The van der Waals surface area contributed by atoms with E-state index in [1.807, 2.05) is 36.4 Å². The molecule has 0 aliphatic carbocycles. The van der Waals surface area contributed by atoms with Crippen molar-refractivity contribution in [3.05, 3.63) is 59.7 Å². The van der Waals surface area contributed by atoms with Crippen molar-refractivity contribution in [2.75, 3.05) is 12.3 Å². The third-order valence-corrected chi connectivity index (χ3v) is 2.66. The fraction of sp³-hybridized carbons (Fsp3) is 0.133. The number of nitriles is 1. The smallest absolute Gasteiger partial charge is 0.120 e. The Hall–Kier alpha value is -2.47. The summed E-state index contributed by atoms with van der Waals surface area (Å²) in [6.45, 7) is 0.545. The number of para-hydroxylation sites is 1. The summed E-state index contributed by atoms with van der Waals surface area (Å²) in [4.78, 5) is 0. The van der Waals surface area contributed by atoms with Crippen LogP contribution in [0.4, 0.5) is 5.69 Å². The summed E-state index contributed by atoms with van der Waals surface area (Å²) in [6.07, 6.45) is 0.753. The Bertz CT molecular complexity index is 573. The Labute approximate surface area is 106 Å². The zero-order chi connectivity index (χ0) is 12.8. The summed E-state index contributed by atoms with van der Waals surface area (Å²) < 4.78 is 5.60.